The summed E-state index contributed by atoms with van der Waals surface area (Å²) in [7, 11) is 9.75. The molecule has 0 fully saturated rings. The first-order valence-electron chi connectivity index (χ1n) is 3.09. The Morgan fingerprint density at radius 3 is 2.50 bits per heavy atom. The Labute approximate surface area is 104 Å². The summed E-state index contributed by atoms with van der Waals surface area (Å²) in [6, 6.07) is 0. The Balaban J connectivity index is 0.000000293. The SMILES string of the molecule is Nc1ncnc2c1=NC(=[Se])N=2.[Cl][Pt][Cl]. The Morgan fingerprint density at radius 2 is 1.93 bits per heavy atom. The van der Waals surface area contributed by atoms with Gasteiger partial charge in [-0.1, -0.05) is 0 Å². The third-order valence-electron chi connectivity index (χ3n) is 1.24. The van der Waals surface area contributed by atoms with Crippen LogP contribution in [0.4, 0.5) is 5.82 Å². The molecule has 0 saturated heterocycles. The first-order chi connectivity index (χ1) is 6.69. The maximum atomic E-state index is 5.50. The van der Waals surface area contributed by atoms with E-state index >= 15 is 0 Å². The van der Waals surface area contributed by atoms with Crippen molar-refractivity contribution >= 4 is 44.9 Å². The zero-order chi connectivity index (χ0) is 10.6. The maximum absolute atomic E-state index is 5.50. The standard InChI is InChI=1S/C5H3N5Se.2ClH.Pt/c6-3-2-4(8-1-7-3)10-5(11)9-2;;;/h1H,(H2,6,7,8,10,11);2*1H;/q;;;+2/p-2. The Bertz CT molecular complexity index is 464. The molecule has 1 aliphatic heterocycles. The number of nitrogen functional groups attached to an aromatic ring is 1. The molecule has 2 N–H and O–H groups in total. The molecule has 0 aromatic carbocycles. The second kappa shape index (κ2) is 5.88. The number of nitrogens with two attached hydrogens (primary N) is 1. The van der Waals surface area contributed by atoms with Crippen LogP contribution in [0.1, 0.15) is 0 Å². The zero-order valence-corrected chi connectivity index (χ0v) is 11.9. The molecule has 1 aromatic rings. The summed E-state index contributed by atoms with van der Waals surface area (Å²) in [5.41, 5.74) is 6.04. The van der Waals surface area contributed by atoms with Gasteiger partial charge in [-0.3, -0.25) is 0 Å². The number of halogens is 2. The fourth-order valence-electron chi connectivity index (χ4n) is 0.783. The van der Waals surface area contributed by atoms with Crippen LogP contribution in [0.25, 0.3) is 0 Å². The molecule has 1 aliphatic rings. The van der Waals surface area contributed by atoms with Gasteiger partial charge in [-0.2, -0.15) is 0 Å². The predicted octanol–water partition coefficient (Wildman–Crippen LogP) is -1.06. The van der Waals surface area contributed by atoms with Gasteiger partial charge in [0.05, 0.1) is 0 Å². The van der Waals surface area contributed by atoms with Crippen molar-refractivity contribution < 1.29 is 16.5 Å². The minimum absolute atomic E-state index is 0.365. The quantitative estimate of drug-likeness (QED) is 0.484. The van der Waals surface area contributed by atoms with Crippen LogP contribution in [0.15, 0.2) is 16.3 Å². The molecule has 5 nitrogen and oxygen atoms in total. The number of rotatable bonds is 0. The van der Waals surface area contributed by atoms with Crippen LogP contribution in [0, 0.1) is 0 Å². The second-order valence-electron chi connectivity index (χ2n) is 1.98. The normalized spacial score (nSPS) is 12.3. The predicted molar refractivity (Wildman–Crippen MR) is 51.2 cm³/mol. The van der Waals surface area contributed by atoms with Crippen LogP contribution in [0.3, 0.4) is 0 Å². The van der Waals surface area contributed by atoms with Gasteiger partial charge in [-0.05, 0) is 0 Å². The molecule has 1 aromatic heterocycles. The van der Waals surface area contributed by atoms with Gasteiger partial charge < -0.3 is 0 Å². The van der Waals surface area contributed by atoms with Gasteiger partial charge in [-0.25, -0.2) is 0 Å². The van der Waals surface area contributed by atoms with Gasteiger partial charge in [0.25, 0.3) is 0 Å². The molecule has 9 heteroatoms. The molecule has 14 heavy (non-hydrogen) atoms. The molecular weight excluding hydrogens is 475 g/mol. The third kappa shape index (κ3) is 3.07. The van der Waals surface area contributed by atoms with E-state index in [0.29, 0.717) is 21.3 Å². The van der Waals surface area contributed by atoms with Crippen molar-refractivity contribution in [2.24, 2.45) is 9.98 Å². The second-order valence-corrected chi connectivity index (χ2v) is 6.03. The Hall–Kier alpha value is 0.138. The monoisotopic (exact) mass is 478 g/mol. The van der Waals surface area contributed by atoms with Gasteiger partial charge in [0.15, 0.2) is 0 Å². The van der Waals surface area contributed by atoms with Gasteiger partial charge in [-0.15, -0.1) is 0 Å². The topological polar surface area (TPSA) is 76.5 Å². The summed E-state index contributed by atoms with van der Waals surface area (Å²) < 4.78 is 0.548. The third-order valence-corrected chi connectivity index (χ3v) is 1.62. The van der Waals surface area contributed by atoms with Crippen molar-refractivity contribution in [2.45, 2.75) is 0 Å². The van der Waals surface area contributed by atoms with Gasteiger partial charge >= 0.3 is 104 Å². The fourth-order valence-corrected chi connectivity index (χ4v) is 1.16. The van der Waals surface area contributed by atoms with E-state index in [1.54, 1.807) is 0 Å². The average Bonchev–Trinajstić information content (AvgIpc) is 2.48. The molecule has 2 rings (SSSR count). The molecule has 0 unspecified atom stereocenters. The van der Waals surface area contributed by atoms with E-state index in [2.05, 4.69) is 35.5 Å². The van der Waals surface area contributed by atoms with Crippen molar-refractivity contribution in [3.8, 4) is 0 Å². The van der Waals surface area contributed by atoms with Crippen LogP contribution < -0.4 is 16.6 Å². The van der Waals surface area contributed by atoms with E-state index in [0.717, 1.165) is 0 Å². The van der Waals surface area contributed by atoms with E-state index in [4.69, 9.17) is 24.6 Å². The molecule has 0 spiro atoms. The summed E-state index contributed by atoms with van der Waals surface area (Å²) in [5.74, 6) is 0.365. The van der Waals surface area contributed by atoms with Crippen LogP contribution in [0.5, 0.6) is 0 Å². The van der Waals surface area contributed by atoms with Crippen molar-refractivity contribution in [2.75, 3.05) is 5.73 Å². The molecule has 0 aliphatic carbocycles. The zero-order valence-electron chi connectivity index (χ0n) is 6.42. The van der Waals surface area contributed by atoms with Crippen LogP contribution >= 0.6 is 18.8 Å². The first kappa shape index (κ1) is 12.2. The first-order valence-corrected chi connectivity index (χ1v) is 9.58. The molecule has 0 bridgehead atoms. The number of hydrogen-bond acceptors (Lipinski definition) is 5. The van der Waals surface area contributed by atoms with Crippen molar-refractivity contribution in [1.29, 1.82) is 0 Å². The number of hydrogen-bond donors (Lipinski definition) is 1. The van der Waals surface area contributed by atoms with Gasteiger partial charge in [0.2, 0.25) is 0 Å². The number of nitrogens with zero attached hydrogens (tertiary/aromatic N) is 4. The summed E-state index contributed by atoms with van der Waals surface area (Å²) in [5, 5.41) is 0.557. The molecule has 0 saturated carbocycles. The molecule has 78 valence electrons. The Kier molecular flexibility index (Phi) is 5.13. The molecular formula is C5H3Cl2N5PtSe. The molecule has 0 amide bonds. The molecule has 0 radical (unpaired) electrons. The summed E-state index contributed by atoms with van der Waals surface area (Å²) in [4.78, 5) is 15.6. The van der Waals surface area contributed by atoms with E-state index < -0.39 is 16.5 Å². The van der Waals surface area contributed by atoms with Crippen molar-refractivity contribution in [3.05, 3.63) is 17.2 Å². The van der Waals surface area contributed by atoms with E-state index in [1.807, 2.05) is 0 Å². The summed E-state index contributed by atoms with van der Waals surface area (Å²) >= 11 is 2.20. The van der Waals surface area contributed by atoms with Crippen LogP contribution in [0.2, 0.25) is 0 Å². The van der Waals surface area contributed by atoms with E-state index in [1.165, 1.54) is 6.33 Å². The van der Waals surface area contributed by atoms with E-state index in [-0.39, 0.29) is 0 Å². The molecule has 0 atom stereocenters. The average molecular weight is 478 g/mol. The minimum atomic E-state index is -0.472. The van der Waals surface area contributed by atoms with Crippen LogP contribution in [-0.4, -0.2) is 30.2 Å². The van der Waals surface area contributed by atoms with E-state index in [9.17, 15) is 0 Å². The van der Waals surface area contributed by atoms with Crippen molar-refractivity contribution in [3.63, 3.8) is 0 Å². The van der Waals surface area contributed by atoms with Crippen LogP contribution in [-0.2, 0) is 16.5 Å². The fraction of sp³-hybridized carbons (Fsp3) is 0. The number of fused-ring (bicyclic) bond motifs is 1. The number of aromatic nitrogens is 2. The summed E-state index contributed by atoms with van der Waals surface area (Å²) in [6.07, 6.45) is 1.37. The van der Waals surface area contributed by atoms with Crippen molar-refractivity contribution in [1.82, 2.24) is 9.97 Å². The van der Waals surface area contributed by atoms with Gasteiger partial charge in [0.1, 0.15) is 0 Å². The molecule has 2 heterocycles. The summed E-state index contributed by atoms with van der Waals surface area (Å²) in [6.45, 7) is 0. The van der Waals surface area contributed by atoms with Gasteiger partial charge in [0, 0.05) is 0 Å². The number of anilines is 1. The Morgan fingerprint density at radius 1 is 1.29 bits per heavy atom.